The van der Waals surface area contributed by atoms with Gasteiger partial charge in [-0.2, -0.15) is 0 Å². The number of para-hydroxylation sites is 4. The molecule has 11 rings (SSSR count). The van der Waals surface area contributed by atoms with Crippen molar-refractivity contribution in [2.45, 2.75) is 0 Å². The molecule has 5 heteroatoms. The van der Waals surface area contributed by atoms with Gasteiger partial charge >= 0.3 is 0 Å². The zero-order valence-electron chi connectivity index (χ0n) is 26.2. The predicted octanol–water partition coefficient (Wildman–Crippen LogP) is 11.9. The first kappa shape index (κ1) is 26.7. The van der Waals surface area contributed by atoms with E-state index in [0.29, 0.717) is 5.95 Å². The van der Waals surface area contributed by atoms with Crippen LogP contribution < -0.4 is 0 Å². The van der Waals surface area contributed by atoms with Crippen LogP contribution in [0.25, 0.3) is 97.6 Å². The molecule has 11 aromatic rings. The van der Waals surface area contributed by atoms with Crippen molar-refractivity contribution in [3.63, 3.8) is 0 Å². The average molecular weight is 643 g/mol. The lowest BCUT2D eigenvalue weighted by Crippen LogP contribution is -2.03. The van der Waals surface area contributed by atoms with E-state index in [4.69, 9.17) is 9.97 Å². The lowest BCUT2D eigenvalue weighted by atomic mass is 10.0. The maximum absolute atomic E-state index is 5.43. The topological polar surface area (TPSA) is 35.6 Å². The van der Waals surface area contributed by atoms with Crippen molar-refractivity contribution in [2.24, 2.45) is 0 Å². The van der Waals surface area contributed by atoms with Gasteiger partial charge in [0, 0.05) is 53.7 Å². The molecule has 0 unspecified atom stereocenters. The van der Waals surface area contributed by atoms with Crippen LogP contribution in [0.5, 0.6) is 0 Å². The Bertz CT molecular complexity index is 3100. The number of rotatable bonds is 3. The third-order valence-electron chi connectivity index (χ3n) is 9.90. The molecule has 0 amide bonds. The fourth-order valence-corrected chi connectivity index (χ4v) is 9.16. The zero-order chi connectivity index (χ0) is 32.1. The Morgan fingerprint density at radius 3 is 1.76 bits per heavy atom. The van der Waals surface area contributed by atoms with Crippen LogP contribution in [0.1, 0.15) is 0 Å². The minimum Gasteiger partial charge on any atom is -0.308 e. The first-order valence-corrected chi connectivity index (χ1v) is 17.3. The number of benzene rings is 7. The average Bonchev–Trinajstić information content (AvgIpc) is 3.83. The molecule has 0 aliphatic carbocycles. The summed E-state index contributed by atoms with van der Waals surface area (Å²) in [6.07, 6.45) is 0. The molecular formula is C44H26N4S. The van der Waals surface area contributed by atoms with Crippen LogP contribution >= 0.6 is 11.3 Å². The Labute approximate surface area is 284 Å². The summed E-state index contributed by atoms with van der Waals surface area (Å²) < 4.78 is 7.32. The van der Waals surface area contributed by atoms with Crippen molar-refractivity contribution < 1.29 is 0 Å². The number of thiophene rings is 1. The molecule has 0 aliphatic heterocycles. The number of hydrogen-bond donors (Lipinski definition) is 0. The Hall–Kier alpha value is -6.30. The van der Waals surface area contributed by atoms with Gasteiger partial charge in [0.05, 0.1) is 38.0 Å². The number of nitrogens with zero attached hydrogens (tertiary/aromatic N) is 4. The number of aromatic nitrogens is 4. The second-order valence-corrected chi connectivity index (χ2v) is 13.6. The summed E-state index contributed by atoms with van der Waals surface area (Å²) in [5, 5.41) is 8.42. The van der Waals surface area contributed by atoms with E-state index in [9.17, 15) is 0 Å². The lowest BCUT2D eigenvalue weighted by molar-refractivity contribution is 1.02. The highest BCUT2D eigenvalue weighted by Crippen LogP contribution is 2.51. The third kappa shape index (κ3) is 3.68. The quantitative estimate of drug-likeness (QED) is 0.192. The molecule has 0 N–H and O–H groups in total. The smallest absolute Gasteiger partial charge is 0.235 e. The molecule has 49 heavy (non-hydrogen) atoms. The summed E-state index contributed by atoms with van der Waals surface area (Å²) in [4.78, 5) is 10.8. The van der Waals surface area contributed by atoms with Crippen LogP contribution in [0.15, 0.2) is 158 Å². The summed E-state index contributed by atoms with van der Waals surface area (Å²) >= 11 is 1.87. The monoisotopic (exact) mass is 642 g/mol. The van der Waals surface area contributed by atoms with E-state index in [1.807, 2.05) is 11.3 Å². The Kier molecular flexibility index (Phi) is 5.51. The molecule has 4 aromatic heterocycles. The van der Waals surface area contributed by atoms with E-state index in [-0.39, 0.29) is 0 Å². The first-order valence-electron chi connectivity index (χ1n) is 16.5. The molecule has 228 valence electrons. The molecule has 7 aromatic carbocycles. The van der Waals surface area contributed by atoms with Gasteiger partial charge in [-0.25, -0.2) is 9.97 Å². The van der Waals surface area contributed by atoms with Gasteiger partial charge in [0.1, 0.15) is 0 Å². The first-order chi connectivity index (χ1) is 24.3. The largest absolute Gasteiger partial charge is 0.308 e. The van der Waals surface area contributed by atoms with Crippen LogP contribution in [0.3, 0.4) is 0 Å². The van der Waals surface area contributed by atoms with Crippen LogP contribution in [0, 0.1) is 0 Å². The van der Waals surface area contributed by atoms with Crippen molar-refractivity contribution in [2.75, 3.05) is 0 Å². The molecule has 4 nitrogen and oxygen atoms in total. The molecule has 0 atom stereocenters. The van der Waals surface area contributed by atoms with E-state index in [1.54, 1.807) is 0 Å². The predicted molar refractivity (Wildman–Crippen MR) is 207 cm³/mol. The van der Waals surface area contributed by atoms with Crippen molar-refractivity contribution in [1.82, 2.24) is 19.1 Å². The molecule has 4 heterocycles. The van der Waals surface area contributed by atoms with Gasteiger partial charge in [-0.1, -0.05) is 121 Å². The van der Waals surface area contributed by atoms with Crippen LogP contribution in [-0.2, 0) is 0 Å². The number of fused-ring (bicyclic) bond motifs is 13. The van der Waals surface area contributed by atoms with Crippen molar-refractivity contribution in [3.8, 4) is 22.9 Å². The Morgan fingerprint density at radius 1 is 0.429 bits per heavy atom. The van der Waals surface area contributed by atoms with Gasteiger partial charge in [-0.05, 0) is 36.4 Å². The Balaban J connectivity index is 1.43. The zero-order valence-corrected chi connectivity index (χ0v) is 27.0. The molecular weight excluding hydrogens is 617 g/mol. The van der Waals surface area contributed by atoms with E-state index in [0.717, 1.165) is 38.9 Å². The highest BCUT2D eigenvalue weighted by molar-refractivity contribution is 7.27. The van der Waals surface area contributed by atoms with Crippen molar-refractivity contribution >= 4 is 86.0 Å². The Morgan fingerprint density at radius 2 is 1.00 bits per heavy atom. The minimum atomic E-state index is 0.673. The standard InChI is InChI=1S/C44H26N4S/c1-3-15-27(16-4-1)40-29-19-7-11-23-33(29)45-44(46-40)48-35-25-13-9-21-31(35)37-38-30-20-8-12-24-34(30)47(28-17-5-2-6-18-28)42(38)43-39(41(37)48)32-22-10-14-26-36(32)49-43/h1-26H. The fourth-order valence-electron chi connectivity index (χ4n) is 7.92. The van der Waals surface area contributed by atoms with Gasteiger partial charge in [0.25, 0.3) is 0 Å². The van der Waals surface area contributed by atoms with Gasteiger partial charge in [-0.3, -0.25) is 4.57 Å². The molecule has 0 radical (unpaired) electrons. The van der Waals surface area contributed by atoms with E-state index in [2.05, 4.69) is 167 Å². The maximum Gasteiger partial charge on any atom is 0.235 e. The molecule has 0 saturated heterocycles. The van der Waals surface area contributed by atoms with Crippen LogP contribution in [-0.4, -0.2) is 19.1 Å². The molecule has 0 spiro atoms. The number of hydrogen-bond acceptors (Lipinski definition) is 3. The molecule has 0 bridgehead atoms. The van der Waals surface area contributed by atoms with Crippen LogP contribution in [0.4, 0.5) is 0 Å². The third-order valence-corrected chi connectivity index (χ3v) is 11.1. The molecule has 0 saturated carbocycles. The fraction of sp³-hybridized carbons (Fsp3) is 0. The summed E-state index contributed by atoms with van der Waals surface area (Å²) in [5.41, 5.74) is 8.75. The minimum absolute atomic E-state index is 0.673. The highest BCUT2D eigenvalue weighted by Gasteiger charge is 2.27. The highest BCUT2D eigenvalue weighted by atomic mass is 32.1. The van der Waals surface area contributed by atoms with Crippen LogP contribution in [0.2, 0.25) is 0 Å². The summed E-state index contributed by atoms with van der Waals surface area (Å²) in [6, 6.07) is 56.0. The van der Waals surface area contributed by atoms with Crippen molar-refractivity contribution in [1.29, 1.82) is 0 Å². The summed E-state index contributed by atoms with van der Waals surface area (Å²) in [5.74, 6) is 0.673. The van der Waals surface area contributed by atoms with E-state index >= 15 is 0 Å². The van der Waals surface area contributed by atoms with Gasteiger partial charge in [0.15, 0.2) is 0 Å². The molecule has 0 aliphatic rings. The van der Waals surface area contributed by atoms with Gasteiger partial charge < -0.3 is 4.57 Å². The van der Waals surface area contributed by atoms with Gasteiger partial charge in [0.2, 0.25) is 5.95 Å². The second kappa shape index (κ2) is 10.1. The van der Waals surface area contributed by atoms with Crippen molar-refractivity contribution in [3.05, 3.63) is 158 Å². The maximum atomic E-state index is 5.43. The van der Waals surface area contributed by atoms with E-state index < -0.39 is 0 Å². The normalized spacial score (nSPS) is 12.1. The summed E-state index contributed by atoms with van der Waals surface area (Å²) in [6.45, 7) is 0. The molecule has 0 fully saturated rings. The van der Waals surface area contributed by atoms with E-state index in [1.165, 1.54) is 52.8 Å². The van der Waals surface area contributed by atoms with Gasteiger partial charge in [-0.15, -0.1) is 11.3 Å². The SMILES string of the molecule is c1ccc(-c2nc(-n3c4ccccc4c4c5c6ccccc6n(-c6ccccc6)c5c5sc6ccccc6c5c43)nc3ccccc23)cc1. The summed E-state index contributed by atoms with van der Waals surface area (Å²) in [7, 11) is 0. The lowest BCUT2D eigenvalue weighted by Gasteiger charge is -2.13. The second-order valence-electron chi connectivity index (χ2n) is 12.5.